The monoisotopic (exact) mass is 366 g/mol. The Morgan fingerprint density at radius 2 is 1.53 bits per heavy atom. The third-order valence-corrected chi connectivity index (χ3v) is 3.50. The van der Waals surface area contributed by atoms with E-state index in [4.69, 9.17) is 4.74 Å². The summed E-state index contributed by atoms with van der Waals surface area (Å²) < 4.78 is 6.12. The molecule has 0 N–H and O–H groups in total. The number of esters is 1. The minimum atomic E-state index is -0.460. The van der Waals surface area contributed by atoms with Gasteiger partial charge in [-0.3, -0.25) is 4.79 Å². The summed E-state index contributed by atoms with van der Waals surface area (Å²) >= 11 is 2.07. The number of carbonyl (C=O) groups excluding carboxylic acids is 2. The van der Waals surface area contributed by atoms with Crippen LogP contribution in [-0.4, -0.2) is 11.8 Å². The molecule has 0 amide bonds. The standard InChI is InChI=1S/C15H11IO3/c1-10(17)11-6-3-5-9-14(11)19-15(18)12-7-2-4-8-13(12)16/h2-9H,1H3. The van der Waals surface area contributed by atoms with E-state index in [1.54, 1.807) is 36.4 Å². The minimum Gasteiger partial charge on any atom is -0.422 e. The molecule has 0 atom stereocenters. The molecular weight excluding hydrogens is 355 g/mol. The van der Waals surface area contributed by atoms with Gasteiger partial charge in [0.15, 0.2) is 5.78 Å². The normalized spacial score (nSPS) is 10.0. The van der Waals surface area contributed by atoms with Crippen molar-refractivity contribution in [3.05, 3.63) is 63.2 Å². The van der Waals surface area contributed by atoms with Crippen LogP contribution < -0.4 is 4.74 Å². The first-order chi connectivity index (χ1) is 9.09. The number of halogens is 1. The highest BCUT2D eigenvalue weighted by atomic mass is 127. The number of benzene rings is 2. The van der Waals surface area contributed by atoms with Crippen LogP contribution in [0.15, 0.2) is 48.5 Å². The number of Topliss-reactive ketones (excluding diaryl/α,β-unsaturated/α-hetero) is 1. The van der Waals surface area contributed by atoms with Crippen molar-refractivity contribution in [1.82, 2.24) is 0 Å². The number of ether oxygens (including phenoxy) is 1. The highest BCUT2D eigenvalue weighted by Crippen LogP contribution is 2.21. The molecule has 0 unspecified atom stereocenters. The van der Waals surface area contributed by atoms with Crippen molar-refractivity contribution in [2.24, 2.45) is 0 Å². The molecule has 0 aromatic heterocycles. The summed E-state index contributed by atoms with van der Waals surface area (Å²) in [6.07, 6.45) is 0. The lowest BCUT2D eigenvalue weighted by Crippen LogP contribution is -2.12. The van der Waals surface area contributed by atoms with Crippen LogP contribution in [0, 0.1) is 3.57 Å². The fourth-order valence-corrected chi connectivity index (χ4v) is 2.24. The molecule has 0 bridgehead atoms. The first kappa shape index (κ1) is 13.7. The van der Waals surface area contributed by atoms with Crippen molar-refractivity contribution in [2.75, 3.05) is 0 Å². The van der Waals surface area contributed by atoms with E-state index in [1.807, 2.05) is 12.1 Å². The zero-order chi connectivity index (χ0) is 13.8. The van der Waals surface area contributed by atoms with Gasteiger partial charge in [-0.05, 0) is 53.8 Å². The van der Waals surface area contributed by atoms with Crippen molar-refractivity contribution in [3.8, 4) is 5.75 Å². The van der Waals surface area contributed by atoms with E-state index in [0.717, 1.165) is 3.57 Å². The van der Waals surface area contributed by atoms with Crippen LogP contribution in [-0.2, 0) is 0 Å². The molecule has 3 nitrogen and oxygen atoms in total. The molecule has 0 heterocycles. The summed E-state index contributed by atoms with van der Waals surface area (Å²) in [5.41, 5.74) is 0.892. The maximum Gasteiger partial charge on any atom is 0.344 e. The zero-order valence-electron chi connectivity index (χ0n) is 10.2. The smallest absolute Gasteiger partial charge is 0.344 e. The van der Waals surface area contributed by atoms with Crippen molar-refractivity contribution in [2.45, 2.75) is 6.92 Å². The lowest BCUT2D eigenvalue weighted by atomic mass is 10.1. The maximum absolute atomic E-state index is 12.1. The quantitative estimate of drug-likeness (QED) is 0.360. The van der Waals surface area contributed by atoms with Gasteiger partial charge in [0.1, 0.15) is 5.75 Å². The Labute approximate surface area is 124 Å². The van der Waals surface area contributed by atoms with E-state index in [-0.39, 0.29) is 5.78 Å². The van der Waals surface area contributed by atoms with Gasteiger partial charge in [0.25, 0.3) is 0 Å². The predicted octanol–water partition coefficient (Wildman–Crippen LogP) is 3.71. The number of carbonyl (C=O) groups is 2. The van der Waals surface area contributed by atoms with E-state index < -0.39 is 5.97 Å². The van der Waals surface area contributed by atoms with E-state index in [9.17, 15) is 9.59 Å². The van der Waals surface area contributed by atoms with Gasteiger partial charge < -0.3 is 4.74 Å². The second kappa shape index (κ2) is 5.97. The molecular formula is C15H11IO3. The largest absolute Gasteiger partial charge is 0.422 e. The summed E-state index contributed by atoms with van der Waals surface area (Å²) in [5, 5.41) is 0. The maximum atomic E-state index is 12.1. The highest BCUT2D eigenvalue weighted by molar-refractivity contribution is 14.1. The van der Waals surface area contributed by atoms with Gasteiger partial charge in [-0.2, -0.15) is 0 Å². The van der Waals surface area contributed by atoms with Gasteiger partial charge in [-0.25, -0.2) is 4.79 Å². The van der Waals surface area contributed by atoms with Gasteiger partial charge in [-0.15, -0.1) is 0 Å². The molecule has 0 aliphatic heterocycles. The Balaban J connectivity index is 2.30. The van der Waals surface area contributed by atoms with E-state index >= 15 is 0 Å². The fraction of sp³-hybridized carbons (Fsp3) is 0.0667. The lowest BCUT2D eigenvalue weighted by molar-refractivity contribution is 0.0731. The number of hydrogen-bond donors (Lipinski definition) is 0. The Hall–Kier alpha value is -1.69. The molecule has 2 aromatic carbocycles. The van der Waals surface area contributed by atoms with Gasteiger partial charge in [0.05, 0.1) is 11.1 Å². The van der Waals surface area contributed by atoms with Gasteiger partial charge >= 0.3 is 5.97 Å². The molecule has 2 aromatic rings. The Morgan fingerprint density at radius 3 is 2.16 bits per heavy atom. The molecule has 0 saturated carbocycles. The first-order valence-electron chi connectivity index (χ1n) is 5.66. The Bertz CT molecular complexity index is 635. The van der Waals surface area contributed by atoms with Crippen LogP contribution in [0.1, 0.15) is 27.6 Å². The molecule has 2 rings (SSSR count). The van der Waals surface area contributed by atoms with Crippen LogP contribution in [0.4, 0.5) is 0 Å². The third-order valence-electron chi connectivity index (χ3n) is 2.56. The van der Waals surface area contributed by atoms with E-state index in [2.05, 4.69) is 22.6 Å². The molecule has 0 saturated heterocycles. The Kier molecular flexibility index (Phi) is 4.31. The molecule has 0 radical (unpaired) electrons. The zero-order valence-corrected chi connectivity index (χ0v) is 12.4. The van der Waals surface area contributed by atoms with Gasteiger partial charge in [0, 0.05) is 3.57 Å². The van der Waals surface area contributed by atoms with Crippen molar-refractivity contribution in [3.63, 3.8) is 0 Å². The van der Waals surface area contributed by atoms with Crippen LogP contribution in [0.25, 0.3) is 0 Å². The van der Waals surface area contributed by atoms with Crippen molar-refractivity contribution in [1.29, 1.82) is 0 Å². The van der Waals surface area contributed by atoms with Crippen molar-refractivity contribution >= 4 is 34.3 Å². The van der Waals surface area contributed by atoms with E-state index in [1.165, 1.54) is 6.92 Å². The topological polar surface area (TPSA) is 43.4 Å². The predicted molar refractivity (Wildman–Crippen MR) is 80.6 cm³/mol. The lowest BCUT2D eigenvalue weighted by Gasteiger charge is -2.08. The number of para-hydroxylation sites is 1. The first-order valence-corrected chi connectivity index (χ1v) is 6.74. The second-order valence-corrected chi connectivity index (χ2v) is 5.08. The second-order valence-electron chi connectivity index (χ2n) is 3.92. The third kappa shape index (κ3) is 3.20. The molecule has 0 spiro atoms. The van der Waals surface area contributed by atoms with Crippen LogP contribution in [0.5, 0.6) is 5.75 Å². The molecule has 4 heteroatoms. The molecule has 19 heavy (non-hydrogen) atoms. The van der Waals surface area contributed by atoms with Crippen LogP contribution >= 0.6 is 22.6 Å². The molecule has 96 valence electrons. The highest BCUT2D eigenvalue weighted by Gasteiger charge is 2.15. The Morgan fingerprint density at radius 1 is 0.947 bits per heavy atom. The van der Waals surface area contributed by atoms with Crippen LogP contribution in [0.2, 0.25) is 0 Å². The number of rotatable bonds is 3. The molecule has 0 aliphatic carbocycles. The van der Waals surface area contributed by atoms with Gasteiger partial charge in [0.2, 0.25) is 0 Å². The molecule has 0 aliphatic rings. The summed E-state index contributed by atoms with van der Waals surface area (Å²) in [5.74, 6) is -0.301. The SMILES string of the molecule is CC(=O)c1ccccc1OC(=O)c1ccccc1I. The van der Waals surface area contributed by atoms with Crippen LogP contribution in [0.3, 0.4) is 0 Å². The minimum absolute atomic E-state index is 0.133. The summed E-state index contributed by atoms with van der Waals surface area (Å²) in [6.45, 7) is 1.44. The average molecular weight is 366 g/mol. The summed E-state index contributed by atoms with van der Waals surface area (Å²) in [4.78, 5) is 23.5. The number of ketones is 1. The average Bonchev–Trinajstić information content (AvgIpc) is 2.39. The summed E-state index contributed by atoms with van der Waals surface area (Å²) in [6, 6.07) is 13.9. The molecule has 0 fully saturated rings. The van der Waals surface area contributed by atoms with Gasteiger partial charge in [-0.1, -0.05) is 24.3 Å². The number of hydrogen-bond acceptors (Lipinski definition) is 3. The summed E-state index contributed by atoms with van der Waals surface area (Å²) in [7, 11) is 0. The fourth-order valence-electron chi connectivity index (χ4n) is 1.63. The van der Waals surface area contributed by atoms with E-state index in [0.29, 0.717) is 16.9 Å². The van der Waals surface area contributed by atoms with Crippen molar-refractivity contribution < 1.29 is 14.3 Å².